The van der Waals surface area contributed by atoms with Gasteiger partial charge in [-0.3, -0.25) is 4.76 Å². The van der Waals surface area contributed by atoms with Crippen LogP contribution in [0.1, 0.15) is 485 Å². The summed E-state index contributed by atoms with van der Waals surface area (Å²) < 4.78 is 45.1. The predicted molar refractivity (Wildman–Crippen MR) is 649 cm³/mol. The van der Waals surface area contributed by atoms with Crippen LogP contribution in [-0.4, -0.2) is 241 Å². The van der Waals surface area contributed by atoms with Gasteiger partial charge in [-0.1, -0.05) is 279 Å². The minimum absolute atomic E-state index is 0.132. The molecule has 0 rings (SSSR count). The van der Waals surface area contributed by atoms with Gasteiger partial charge in [-0.05, 0) is 317 Å². The maximum Gasteiger partial charge on any atom is 0.291 e. The molecule has 0 aromatic rings. The first kappa shape index (κ1) is 142. The van der Waals surface area contributed by atoms with E-state index >= 15 is 0 Å². The van der Waals surface area contributed by atoms with Gasteiger partial charge in [0.2, 0.25) is 5.96 Å². The average molecular weight is 2010 g/mol. The number of ether oxygens (including phenoxy) is 2. The van der Waals surface area contributed by atoms with Crippen molar-refractivity contribution in [1.82, 2.24) is 24.5 Å². The topological polar surface area (TPSA) is 109 Å². The second-order valence-corrected chi connectivity index (χ2v) is 77.8. The van der Waals surface area contributed by atoms with Gasteiger partial charge >= 0.3 is 0 Å². The van der Waals surface area contributed by atoms with Crippen LogP contribution in [0.4, 0.5) is 0 Å². The fraction of sp³-hybridized carbons (Fsp3) is 0.892. The van der Waals surface area contributed by atoms with Crippen molar-refractivity contribution in [2.75, 3.05) is 0 Å². The normalized spacial score (nSPS) is 13.7. The minimum Gasteiger partial charge on any atom is -0.478 e. The first-order valence-electron chi connectivity index (χ1n) is 52.8. The lowest BCUT2D eigenvalue weighted by Gasteiger charge is -2.45. The zero-order valence-corrected chi connectivity index (χ0v) is 109. The fourth-order valence-electron chi connectivity index (χ4n) is 20.4. The van der Waals surface area contributed by atoms with Gasteiger partial charge in [0.05, 0.1) is 17.3 Å². The molecule has 0 aromatic heterocycles. The van der Waals surface area contributed by atoms with Crippen molar-refractivity contribution in [3.63, 3.8) is 0 Å². The second-order valence-electron chi connectivity index (χ2n) is 46.8. The quantitative estimate of drug-likeness (QED) is 0.0348. The van der Waals surface area contributed by atoms with Crippen LogP contribution in [0, 0.1) is 17.8 Å². The zero-order valence-electron chi connectivity index (χ0n) is 102. The van der Waals surface area contributed by atoms with Crippen LogP contribution in [0.5, 0.6) is 0 Å². The molecule has 0 bridgehead atoms. The Bertz CT molecular complexity index is 3520. The summed E-state index contributed by atoms with van der Waals surface area (Å²) >= 11 is 3.88. The van der Waals surface area contributed by atoms with E-state index in [0.29, 0.717) is 157 Å². The van der Waals surface area contributed by atoms with Crippen molar-refractivity contribution in [2.45, 2.75) is 636 Å². The van der Waals surface area contributed by atoms with Gasteiger partial charge in [-0.15, -0.1) is 11.8 Å². The molecular weight excluding hydrogens is 1770 g/mol. The highest BCUT2D eigenvalue weighted by Crippen LogP contribution is 2.65. The van der Waals surface area contributed by atoms with E-state index in [1.807, 2.05) is 23.5 Å². The van der Waals surface area contributed by atoms with E-state index in [-0.39, 0.29) is 12.2 Å². The molecule has 0 atom stereocenters. The smallest absolute Gasteiger partial charge is 0.291 e. The molecule has 0 heterocycles. The van der Waals surface area contributed by atoms with Crippen molar-refractivity contribution in [2.24, 2.45) is 46.3 Å². The second kappa shape index (κ2) is 64.7. The Hall–Kier alpha value is -0.880. The zero-order chi connectivity index (χ0) is 107. The van der Waals surface area contributed by atoms with Gasteiger partial charge < -0.3 is 34.0 Å². The largest absolute Gasteiger partial charge is 0.478 e. The van der Waals surface area contributed by atoms with Gasteiger partial charge in [-0.2, -0.15) is 0 Å². The summed E-state index contributed by atoms with van der Waals surface area (Å²) in [5.41, 5.74) is 6.99. The number of hydrogen-bond acceptors (Lipinski definition) is 10. The number of thioether (sulfide) groups is 2. The molecule has 0 saturated carbocycles. The Morgan fingerprint density at radius 3 is 0.621 bits per heavy atom. The van der Waals surface area contributed by atoms with Gasteiger partial charge in [0, 0.05) is 131 Å². The van der Waals surface area contributed by atoms with E-state index in [4.69, 9.17) is 38.1 Å². The van der Waals surface area contributed by atoms with Crippen LogP contribution in [0.25, 0.3) is 0 Å². The SMILES string of the molecule is CC(C)=P(N=C(C(C)C)N(C(C)C)C(C)C)(C(C)C)C(C)C.CC(C)=P(N=C(N(C(C)C)C(C)C)N(C(C)C)C(C)C)(C(C)C)C(C)C.CC(C)=P(N=C(OC(C)C)C(C)C)(C(C)C)C(C)C.CC(C)=P(N=C(OC(C)C)N(C(C)C)C(C)C)(C(C)C)C(C)C.CC(C)=P(N=C(SC(C)C)C(C)C)(C(C)C)C(C)C.CC(C)=P(N=C(SC(C)C)N(C(C)C)C(C)C)(C(C)C)C(C)C. The molecule has 0 saturated heterocycles. The maximum absolute atomic E-state index is 6.23. The number of hydrogen-bond donors (Lipinski definition) is 0. The lowest BCUT2D eigenvalue weighted by atomic mass is 10.1. The average Bonchev–Trinajstić information content (AvgIpc) is 0.768. The van der Waals surface area contributed by atoms with E-state index in [9.17, 15) is 0 Å². The predicted octanol–water partition coefficient (Wildman–Crippen LogP) is 36.6. The number of amidine groups is 3. The third-order valence-corrected chi connectivity index (χ3v) is 58.1. The van der Waals surface area contributed by atoms with E-state index in [0.717, 1.165) is 11.9 Å². The van der Waals surface area contributed by atoms with Crippen LogP contribution in [-0.2, 0) is 9.47 Å². The standard InChI is InChI=1S/C22H48N3P.C19H41N2OP.C19H41N2PS.C19H41N2P.C16H34NOP.C16H34NPS/c1-15(2)24(16(3)4)22(25(17(5)6)18(7)8)23-26(19(9)10,20(11)12)21(13)14;1-13(2)21(14(3)4)19(22-15(5)6)20-23(16(7)8,17(9)10)18(11)12;1-13(2)21(14(3)4)19(23-18(11)12)20-22(15(5)6,16(7)8)17(9)10;1-13(2)19(21(14(3)4)15(5)6)20-22(16(7)8,17(9)10)18(11)12;1-11(2)16(18-12(3)4)17-19(13(5)6,14(7)8)15(9)10;1-11(2)16(19-15(9)10)17-18(12(3)4,13(5)6)14(7)8/h15-20H,1-14H3;13-17H,1-12H3;13-16,18H,1-12H3;13-17H,1-12H3;11-14H,1-10H3;11-13,15H,1-10H3. The number of nitrogens with zero attached hydrogens (tertiary/aromatic N) is 11. The highest BCUT2D eigenvalue weighted by atomic mass is 32.2. The molecular formula is C111H239N11O2P6S2. The van der Waals surface area contributed by atoms with Crippen molar-refractivity contribution < 1.29 is 9.47 Å². The summed E-state index contributed by atoms with van der Waals surface area (Å²) in [4.78, 5) is 12.4. The first-order chi connectivity index (χ1) is 59.4. The third-order valence-electron chi connectivity index (χ3n) is 24.9. The van der Waals surface area contributed by atoms with Crippen LogP contribution < -0.4 is 0 Å². The molecule has 13 nitrogen and oxygen atoms in total. The van der Waals surface area contributed by atoms with Crippen LogP contribution >= 0.6 is 65.7 Å². The van der Waals surface area contributed by atoms with Crippen molar-refractivity contribution in [1.29, 1.82) is 0 Å². The van der Waals surface area contributed by atoms with E-state index in [1.54, 1.807) is 5.29 Å². The van der Waals surface area contributed by atoms with Gasteiger partial charge in [0.15, 0.2) is 11.1 Å². The molecule has 0 fully saturated rings. The molecule has 0 aromatic carbocycles. The summed E-state index contributed by atoms with van der Waals surface area (Å²) in [7, 11) is -9.13. The number of rotatable bonds is 35. The van der Waals surface area contributed by atoms with Gasteiger partial charge in [0.1, 0.15) is 5.84 Å². The minimum atomic E-state index is -1.62. The Balaban J connectivity index is -0.000000362. The van der Waals surface area contributed by atoms with E-state index in [1.165, 1.54) is 48.5 Å². The molecule has 0 aliphatic carbocycles. The molecule has 0 N–H and O–H groups in total. The van der Waals surface area contributed by atoms with Crippen molar-refractivity contribution in [3.05, 3.63) is 0 Å². The first-order valence-corrected chi connectivity index (χ1v) is 65.8. The maximum atomic E-state index is 6.23. The third kappa shape index (κ3) is 41.8. The molecule has 0 aliphatic heterocycles. The molecule has 0 aliphatic rings. The van der Waals surface area contributed by atoms with Crippen molar-refractivity contribution >= 4 is 131 Å². The molecule has 792 valence electrons. The Morgan fingerprint density at radius 2 is 0.424 bits per heavy atom. The summed E-state index contributed by atoms with van der Waals surface area (Å²) in [5.74, 6) is 4.79. The fourth-order valence-corrected chi connectivity index (χ4v) is 50.0. The summed E-state index contributed by atoms with van der Waals surface area (Å²) in [6.45, 7) is 160. The summed E-state index contributed by atoms with van der Waals surface area (Å²) in [6.07, 6.45) is 0.326. The lowest BCUT2D eigenvalue weighted by Crippen LogP contribution is -2.55. The Morgan fingerprint density at radius 1 is 0.205 bits per heavy atom. The van der Waals surface area contributed by atoms with E-state index in [2.05, 4.69) is 509 Å². The van der Waals surface area contributed by atoms with Crippen LogP contribution in [0.2, 0.25) is 0 Å². The van der Waals surface area contributed by atoms with Crippen molar-refractivity contribution in [3.8, 4) is 0 Å². The van der Waals surface area contributed by atoms with Crippen LogP contribution in [0.15, 0.2) is 28.6 Å². The van der Waals surface area contributed by atoms with Crippen LogP contribution in [0.3, 0.4) is 0 Å². The van der Waals surface area contributed by atoms with E-state index < -0.39 is 42.2 Å². The summed E-state index contributed by atoms with van der Waals surface area (Å²) in [5, 5.41) is 12.8. The molecule has 132 heavy (non-hydrogen) atoms. The Labute approximate surface area is 841 Å². The molecule has 0 unspecified atom stereocenters. The molecule has 21 heteroatoms. The van der Waals surface area contributed by atoms with Gasteiger partial charge in [-0.25, -0.2) is 23.8 Å². The molecule has 0 radical (unpaired) electrons. The number of guanidine groups is 1. The summed E-state index contributed by atoms with van der Waals surface area (Å²) in [6, 6.07) is 5.17. The monoisotopic (exact) mass is 2010 g/mol. The Kier molecular flexibility index (Phi) is 69.5. The lowest BCUT2D eigenvalue weighted by molar-refractivity contribution is 0.149. The highest BCUT2D eigenvalue weighted by molar-refractivity contribution is 8.15. The molecule has 0 amide bonds. The molecule has 0 spiro atoms. The van der Waals surface area contributed by atoms with Gasteiger partial charge in [0.25, 0.3) is 6.02 Å². The highest BCUT2D eigenvalue weighted by Gasteiger charge is 2.39.